The summed E-state index contributed by atoms with van der Waals surface area (Å²) < 4.78 is 55.3. The molecule has 0 saturated heterocycles. The van der Waals surface area contributed by atoms with Crippen molar-refractivity contribution in [2.45, 2.75) is 32.6 Å². The molecule has 120 valence electrons. The van der Waals surface area contributed by atoms with Crippen LogP contribution in [0.1, 0.15) is 42.0 Å². The third-order valence-electron chi connectivity index (χ3n) is 4.14. The van der Waals surface area contributed by atoms with Crippen molar-refractivity contribution in [3.63, 3.8) is 0 Å². The number of hydrogen-bond acceptors (Lipinski definition) is 0. The van der Waals surface area contributed by atoms with Gasteiger partial charge in [0.05, 0.1) is 0 Å². The normalized spacial score (nSPS) is 13.7. The molecule has 0 N–H and O–H groups in total. The smallest absolute Gasteiger partial charge is 0.159 e. The van der Waals surface area contributed by atoms with E-state index in [1.165, 1.54) is 12.1 Å². The molecule has 0 aliphatic heterocycles. The average Bonchev–Trinajstić information content (AvgIpc) is 2.48. The SMILES string of the molecule is CCCc1cc(F)c(C2=Cc3cc(F)c(F)cc3CC2)c(F)c1. The molecule has 3 rings (SSSR count). The molecule has 0 spiro atoms. The van der Waals surface area contributed by atoms with Crippen molar-refractivity contribution in [2.75, 3.05) is 0 Å². The van der Waals surface area contributed by atoms with Crippen LogP contribution in [-0.4, -0.2) is 0 Å². The zero-order chi connectivity index (χ0) is 16.6. The number of allylic oxidation sites excluding steroid dienone is 1. The third kappa shape index (κ3) is 3.03. The molecular weight excluding hydrogens is 304 g/mol. The minimum absolute atomic E-state index is 0.0692. The first-order chi connectivity index (χ1) is 11.0. The number of halogens is 4. The molecular formula is C19H16F4. The molecule has 2 aromatic rings. The van der Waals surface area contributed by atoms with Crippen LogP contribution in [0.2, 0.25) is 0 Å². The van der Waals surface area contributed by atoms with Crippen LogP contribution >= 0.6 is 0 Å². The van der Waals surface area contributed by atoms with Crippen LogP contribution in [0.25, 0.3) is 11.6 Å². The lowest BCUT2D eigenvalue weighted by Gasteiger charge is -2.18. The summed E-state index contributed by atoms with van der Waals surface area (Å²) in [6.45, 7) is 1.94. The van der Waals surface area contributed by atoms with E-state index in [0.717, 1.165) is 18.6 Å². The van der Waals surface area contributed by atoms with Gasteiger partial charge in [-0.1, -0.05) is 19.4 Å². The van der Waals surface area contributed by atoms with Gasteiger partial charge in [0.25, 0.3) is 0 Å². The molecule has 0 bridgehead atoms. The maximum atomic E-state index is 14.3. The highest BCUT2D eigenvalue weighted by atomic mass is 19.2. The van der Waals surface area contributed by atoms with Gasteiger partial charge in [0.15, 0.2) is 11.6 Å². The molecule has 0 radical (unpaired) electrons. The van der Waals surface area contributed by atoms with Gasteiger partial charge in [-0.25, -0.2) is 17.6 Å². The van der Waals surface area contributed by atoms with E-state index in [1.807, 2.05) is 6.92 Å². The van der Waals surface area contributed by atoms with Crippen molar-refractivity contribution < 1.29 is 17.6 Å². The van der Waals surface area contributed by atoms with E-state index in [4.69, 9.17) is 0 Å². The maximum absolute atomic E-state index is 14.3. The van der Waals surface area contributed by atoms with Crippen LogP contribution in [0, 0.1) is 23.3 Å². The minimum Gasteiger partial charge on any atom is -0.206 e. The zero-order valence-corrected chi connectivity index (χ0v) is 12.7. The molecule has 0 heterocycles. The standard InChI is InChI=1S/C19H16F4/c1-2-3-11-6-17(22)19(18(23)7-11)13-5-4-12-9-15(20)16(21)10-14(12)8-13/h6-10H,2-5H2,1H3. The van der Waals surface area contributed by atoms with Crippen LogP contribution < -0.4 is 0 Å². The monoisotopic (exact) mass is 320 g/mol. The lowest BCUT2D eigenvalue weighted by molar-refractivity contribution is 0.506. The highest BCUT2D eigenvalue weighted by Gasteiger charge is 2.20. The first-order valence-corrected chi connectivity index (χ1v) is 7.66. The van der Waals surface area contributed by atoms with Gasteiger partial charge in [-0.05, 0) is 65.8 Å². The number of benzene rings is 2. The van der Waals surface area contributed by atoms with E-state index >= 15 is 0 Å². The lowest BCUT2D eigenvalue weighted by atomic mass is 9.87. The summed E-state index contributed by atoms with van der Waals surface area (Å²) >= 11 is 0. The van der Waals surface area contributed by atoms with E-state index < -0.39 is 23.3 Å². The molecule has 23 heavy (non-hydrogen) atoms. The van der Waals surface area contributed by atoms with Gasteiger partial charge < -0.3 is 0 Å². The average molecular weight is 320 g/mol. The second-order valence-corrected chi connectivity index (χ2v) is 5.82. The lowest BCUT2D eigenvalue weighted by Crippen LogP contribution is -2.05. The molecule has 0 atom stereocenters. The maximum Gasteiger partial charge on any atom is 0.159 e. The summed E-state index contributed by atoms with van der Waals surface area (Å²) in [7, 11) is 0. The Hall–Kier alpha value is -2.10. The third-order valence-corrected chi connectivity index (χ3v) is 4.14. The topological polar surface area (TPSA) is 0 Å². The predicted molar refractivity (Wildman–Crippen MR) is 82.9 cm³/mol. The van der Waals surface area contributed by atoms with Gasteiger partial charge in [-0.2, -0.15) is 0 Å². The summed E-state index contributed by atoms with van der Waals surface area (Å²) in [5.74, 6) is -3.07. The van der Waals surface area contributed by atoms with Crippen LogP contribution in [0.15, 0.2) is 24.3 Å². The van der Waals surface area contributed by atoms with Crippen molar-refractivity contribution in [1.82, 2.24) is 0 Å². The van der Waals surface area contributed by atoms with Crippen molar-refractivity contribution in [3.05, 3.63) is 69.8 Å². The van der Waals surface area contributed by atoms with Crippen molar-refractivity contribution in [2.24, 2.45) is 0 Å². The molecule has 1 aliphatic carbocycles. The number of rotatable bonds is 3. The van der Waals surface area contributed by atoms with Crippen LogP contribution in [0.5, 0.6) is 0 Å². The second kappa shape index (κ2) is 6.19. The largest absolute Gasteiger partial charge is 0.206 e. The van der Waals surface area contributed by atoms with Gasteiger partial charge in [-0.3, -0.25) is 0 Å². The van der Waals surface area contributed by atoms with E-state index in [9.17, 15) is 17.6 Å². The quantitative estimate of drug-likeness (QED) is 0.638. The van der Waals surface area contributed by atoms with Crippen LogP contribution in [0.3, 0.4) is 0 Å². The number of hydrogen-bond donors (Lipinski definition) is 0. The Labute approximate surface area is 132 Å². The van der Waals surface area contributed by atoms with E-state index in [0.29, 0.717) is 41.5 Å². The molecule has 0 nitrogen and oxygen atoms in total. The molecule has 4 heteroatoms. The summed E-state index contributed by atoms with van der Waals surface area (Å²) in [6, 6.07) is 4.92. The van der Waals surface area contributed by atoms with E-state index in [1.54, 1.807) is 6.08 Å². The van der Waals surface area contributed by atoms with Crippen molar-refractivity contribution in [3.8, 4) is 0 Å². The van der Waals surface area contributed by atoms with Crippen molar-refractivity contribution in [1.29, 1.82) is 0 Å². The van der Waals surface area contributed by atoms with Gasteiger partial charge in [0.2, 0.25) is 0 Å². The van der Waals surface area contributed by atoms with Gasteiger partial charge >= 0.3 is 0 Å². The molecule has 2 aromatic carbocycles. The van der Waals surface area contributed by atoms with Gasteiger partial charge in [0.1, 0.15) is 11.6 Å². The number of aryl methyl sites for hydroxylation is 2. The first-order valence-electron chi connectivity index (χ1n) is 7.66. The van der Waals surface area contributed by atoms with Gasteiger partial charge in [-0.15, -0.1) is 0 Å². The van der Waals surface area contributed by atoms with Crippen molar-refractivity contribution >= 4 is 11.6 Å². The van der Waals surface area contributed by atoms with Crippen LogP contribution in [0.4, 0.5) is 17.6 Å². The molecule has 0 aromatic heterocycles. The molecule has 1 aliphatic rings. The van der Waals surface area contributed by atoms with E-state index in [-0.39, 0.29) is 5.56 Å². The fraction of sp³-hybridized carbons (Fsp3) is 0.263. The fourth-order valence-electron chi connectivity index (χ4n) is 3.05. The minimum atomic E-state index is -0.958. The van der Waals surface area contributed by atoms with Crippen LogP contribution in [-0.2, 0) is 12.8 Å². The second-order valence-electron chi connectivity index (χ2n) is 5.82. The Morgan fingerprint density at radius 2 is 1.48 bits per heavy atom. The summed E-state index contributed by atoms with van der Waals surface area (Å²) in [4.78, 5) is 0. The Kier molecular flexibility index (Phi) is 4.24. The highest BCUT2D eigenvalue weighted by molar-refractivity contribution is 5.84. The molecule has 0 unspecified atom stereocenters. The molecule has 0 saturated carbocycles. The summed E-state index contributed by atoms with van der Waals surface area (Å²) in [5, 5.41) is 0. The molecule has 0 fully saturated rings. The molecule has 0 amide bonds. The van der Waals surface area contributed by atoms with E-state index in [2.05, 4.69) is 0 Å². The predicted octanol–water partition coefficient (Wildman–Crippen LogP) is 5.68. The Bertz CT molecular complexity index is 767. The highest BCUT2D eigenvalue weighted by Crippen LogP contribution is 2.34. The number of fused-ring (bicyclic) bond motifs is 1. The summed E-state index contributed by atoms with van der Waals surface area (Å²) in [6.07, 6.45) is 3.77. The summed E-state index contributed by atoms with van der Waals surface area (Å²) in [5.41, 5.74) is 2.15. The van der Waals surface area contributed by atoms with Gasteiger partial charge in [0, 0.05) is 5.56 Å². The Morgan fingerprint density at radius 1 is 0.826 bits per heavy atom. The Morgan fingerprint density at radius 3 is 2.13 bits per heavy atom. The zero-order valence-electron chi connectivity index (χ0n) is 12.7. The fourth-order valence-corrected chi connectivity index (χ4v) is 3.05. The Balaban J connectivity index is 2.05. The first kappa shape index (κ1) is 15.8.